The lowest BCUT2D eigenvalue weighted by atomic mass is 10.3. The zero-order valence-corrected chi connectivity index (χ0v) is 10.9. The summed E-state index contributed by atoms with van der Waals surface area (Å²) in [6, 6.07) is 8.04. The van der Waals surface area contributed by atoms with E-state index in [0.717, 1.165) is 15.2 Å². The first-order chi connectivity index (χ1) is 7.11. The van der Waals surface area contributed by atoms with Crippen molar-refractivity contribution in [3.05, 3.63) is 33.8 Å². The molecule has 2 aromatic rings. The fraction of sp³-hybridized carbons (Fsp3) is 0.100. The van der Waals surface area contributed by atoms with Crippen molar-refractivity contribution in [2.75, 3.05) is 0 Å². The molecule has 0 aliphatic carbocycles. The summed E-state index contributed by atoms with van der Waals surface area (Å²) in [6.45, 7) is 0. The lowest BCUT2D eigenvalue weighted by molar-refractivity contribution is -0.642. The van der Waals surface area contributed by atoms with Gasteiger partial charge in [-0.2, -0.15) is 4.57 Å². The number of aromatic nitrogens is 1. The Balaban J connectivity index is 2.74. The van der Waals surface area contributed by atoms with E-state index in [9.17, 15) is 0 Å². The third kappa shape index (κ3) is 2.00. The van der Waals surface area contributed by atoms with Gasteiger partial charge < -0.3 is 0 Å². The van der Waals surface area contributed by atoms with Crippen LogP contribution in [0.1, 0.15) is 5.01 Å². The van der Waals surface area contributed by atoms with Crippen molar-refractivity contribution in [3.8, 4) is 0 Å². The number of benzene rings is 1. The Labute approximate surface area is 106 Å². The average Bonchev–Trinajstić information content (AvgIpc) is 2.56. The highest BCUT2D eigenvalue weighted by Gasteiger charge is 2.20. The monoisotopic (exact) mass is 278 g/mol. The highest BCUT2D eigenvalue weighted by Crippen LogP contribution is 2.32. The molecule has 78 valence electrons. The minimum atomic E-state index is 0.0961. The third-order valence-corrected chi connectivity index (χ3v) is 4.38. The maximum atomic E-state index is 6.02. The van der Waals surface area contributed by atoms with Gasteiger partial charge in [-0.25, -0.2) is 0 Å². The van der Waals surface area contributed by atoms with Crippen LogP contribution in [-0.4, -0.2) is 0 Å². The normalized spacial score (nSPS) is 10.7. The fourth-order valence-corrected chi connectivity index (χ4v) is 3.00. The van der Waals surface area contributed by atoms with Crippen molar-refractivity contribution in [1.29, 1.82) is 0 Å². The van der Waals surface area contributed by atoms with Crippen LogP contribution in [0.3, 0.4) is 0 Å². The van der Waals surface area contributed by atoms with Gasteiger partial charge >= 0.3 is 0 Å². The summed E-state index contributed by atoms with van der Waals surface area (Å²) in [4.78, 5) is 0. The number of hydrogen-bond donors (Lipinski definition) is 0. The molecular weight excluding hydrogens is 273 g/mol. The Morgan fingerprint density at radius 3 is 2.47 bits per heavy atom. The smallest absolute Gasteiger partial charge is 0.184 e. The highest BCUT2D eigenvalue weighted by molar-refractivity contribution is 7.19. The van der Waals surface area contributed by atoms with E-state index in [1.807, 2.05) is 35.9 Å². The number of para-hydroxylation sites is 1. The Bertz CT molecular complexity index is 541. The van der Waals surface area contributed by atoms with Crippen molar-refractivity contribution in [3.63, 3.8) is 0 Å². The first kappa shape index (κ1) is 11.2. The van der Waals surface area contributed by atoms with Crippen LogP contribution in [0.2, 0.25) is 0 Å². The van der Waals surface area contributed by atoms with Crippen LogP contribution in [0.4, 0.5) is 0 Å². The zero-order chi connectivity index (χ0) is 11.0. The number of thiazole rings is 1. The molecule has 1 heterocycles. The van der Waals surface area contributed by atoms with Gasteiger partial charge in [0.05, 0.1) is 0 Å². The van der Waals surface area contributed by atoms with Crippen molar-refractivity contribution in [1.82, 2.24) is 0 Å². The number of aryl methyl sites for hydroxylation is 1. The Kier molecular flexibility index (Phi) is 3.21. The summed E-state index contributed by atoms with van der Waals surface area (Å²) in [5.74, 6) is 0. The number of rotatable bonds is 1. The number of fused-ring (bicyclic) bond motifs is 1. The van der Waals surface area contributed by atoms with Crippen molar-refractivity contribution >= 4 is 61.4 Å². The second-order valence-electron chi connectivity index (χ2n) is 3.01. The van der Waals surface area contributed by atoms with Crippen LogP contribution in [0, 0.1) is 0 Å². The molecule has 0 saturated carbocycles. The van der Waals surface area contributed by atoms with Gasteiger partial charge in [0.2, 0.25) is 5.52 Å². The van der Waals surface area contributed by atoms with E-state index in [0.29, 0.717) is 5.03 Å². The van der Waals surface area contributed by atoms with E-state index in [-0.39, 0.29) is 4.49 Å². The van der Waals surface area contributed by atoms with Crippen LogP contribution in [0.5, 0.6) is 0 Å². The standard InChI is InChI=1S/C10H7Cl3NS/c1-14-6-4-2-3-5-7(6)15-10(14)8(11)9(12)13/h2-5H,1H3/q+1. The summed E-state index contributed by atoms with van der Waals surface area (Å²) >= 11 is 18.9. The van der Waals surface area contributed by atoms with Crippen molar-refractivity contribution in [2.24, 2.45) is 7.05 Å². The summed E-state index contributed by atoms with van der Waals surface area (Å²) in [7, 11) is 1.94. The molecule has 0 saturated heterocycles. The van der Waals surface area contributed by atoms with Crippen LogP contribution in [-0.2, 0) is 7.05 Å². The van der Waals surface area contributed by atoms with E-state index in [2.05, 4.69) is 0 Å². The lowest BCUT2D eigenvalue weighted by Crippen LogP contribution is -2.29. The van der Waals surface area contributed by atoms with Gasteiger partial charge in [-0.05, 0) is 6.07 Å². The number of halogens is 3. The molecule has 0 aliphatic heterocycles. The van der Waals surface area contributed by atoms with E-state index in [4.69, 9.17) is 34.8 Å². The fourth-order valence-electron chi connectivity index (χ4n) is 1.38. The molecule has 0 spiro atoms. The minimum absolute atomic E-state index is 0.0961. The summed E-state index contributed by atoms with van der Waals surface area (Å²) in [6.07, 6.45) is 0. The van der Waals surface area contributed by atoms with Crippen LogP contribution in [0.25, 0.3) is 15.2 Å². The molecule has 0 radical (unpaired) electrons. The van der Waals surface area contributed by atoms with Gasteiger partial charge in [0.15, 0.2) is 5.03 Å². The molecular formula is C10H7Cl3NS+. The Hall–Kier alpha value is -0.280. The lowest BCUT2D eigenvalue weighted by Gasteiger charge is -1.90. The molecule has 0 bridgehead atoms. The zero-order valence-electron chi connectivity index (χ0n) is 7.80. The predicted molar refractivity (Wildman–Crippen MR) is 67.5 cm³/mol. The summed E-state index contributed by atoms with van der Waals surface area (Å²) in [5.41, 5.74) is 1.12. The predicted octanol–water partition coefficient (Wildman–Crippen LogP) is 4.07. The van der Waals surface area contributed by atoms with Crippen molar-refractivity contribution < 1.29 is 4.57 Å². The Morgan fingerprint density at radius 1 is 1.20 bits per heavy atom. The second kappa shape index (κ2) is 4.30. The van der Waals surface area contributed by atoms with Gasteiger partial charge in [-0.1, -0.05) is 58.3 Å². The molecule has 0 atom stereocenters. The quantitative estimate of drug-likeness (QED) is 0.693. The molecule has 1 nitrogen and oxygen atoms in total. The SMILES string of the molecule is C[n+]1c(C(Cl)=C(Cl)Cl)sc2ccccc21. The maximum absolute atomic E-state index is 6.02. The molecule has 2 rings (SSSR count). The second-order valence-corrected chi connectivity index (χ2v) is 5.37. The van der Waals surface area contributed by atoms with E-state index >= 15 is 0 Å². The first-order valence-corrected chi connectivity index (χ1v) is 6.15. The molecule has 5 heteroatoms. The van der Waals surface area contributed by atoms with Gasteiger partial charge in [-0.3, -0.25) is 0 Å². The van der Waals surface area contributed by atoms with Gasteiger partial charge in [0, 0.05) is 6.07 Å². The summed E-state index contributed by atoms with van der Waals surface area (Å²) < 4.78 is 3.23. The molecule has 15 heavy (non-hydrogen) atoms. The largest absolute Gasteiger partial charge is 0.283 e. The van der Waals surface area contributed by atoms with E-state index in [1.54, 1.807) is 11.3 Å². The minimum Gasteiger partial charge on any atom is -0.184 e. The number of nitrogens with zero attached hydrogens (tertiary/aromatic N) is 1. The average molecular weight is 280 g/mol. The molecule has 0 N–H and O–H groups in total. The molecule has 0 amide bonds. The first-order valence-electron chi connectivity index (χ1n) is 4.20. The van der Waals surface area contributed by atoms with E-state index < -0.39 is 0 Å². The highest BCUT2D eigenvalue weighted by atomic mass is 35.5. The maximum Gasteiger partial charge on any atom is 0.283 e. The summed E-state index contributed by atoms with van der Waals surface area (Å²) in [5, 5.41) is 1.25. The van der Waals surface area contributed by atoms with Crippen LogP contribution in [0.15, 0.2) is 28.8 Å². The van der Waals surface area contributed by atoms with Gasteiger partial charge in [0.25, 0.3) is 5.01 Å². The molecule has 1 aromatic carbocycles. The topological polar surface area (TPSA) is 3.88 Å². The van der Waals surface area contributed by atoms with Crippen LogP contribution < -0.4 is 4.57 Å². The molecule has 0 unspecified atom stereocenters. The van der Waals surface area contributed by atoms with Gasteiger partial charge in [-0.15, -0.1) is 0 Å². The van der Waals surface area contributed by atoms with Crippen molar-refractivity contribution in [2.45, 2.75) is 0 Å². The Morgan fingerprint density at radius 2 is 1.87 bits per heavy atom. The van der Waals surface area contributed by atoms with Crippen LogP contribution >= 0.6 is 46.1 Å². The third-order valence-electron chi connectivity index (χ3n) is 2.09. The molecule has 0 aliphatic rings. The van der Waals surface area contributed by atoms with Gasteiger partial charge in [0.1, 0.15) is 16.2 Å². The molecule has 1 aromatic heterocycles. The van der Waals surface area contributed by atoms with E-state index in [1.165, 1.54) is 0 Å². The number of hydrogen-bond acceptors (Lipinski definition) is 1. The molecule has 0 fully saturated rings.